The lowest BCUT2D eigenvalue weighted by atomic mass is 9.86. The van der Waals surface area contributed by atoms with Gasteiger partial charge in [0.1, 0.15) is 11.4 Å². The Bertz CT molecular complexity index is 1240. The first-order valence-corrected chi connectivity index (χ1v) is 11.1. The third-order valence-electron chi connectivity index (χ3n) is 6.96. The maximum absolute atomic E-state index is 13.0. The van der Waals surface area contributed by atoms with Crippen molar-refractivity contribution < 1.29 is 14.2 Å². The van der Waals surface area contributed by atoms with Crippen LogP contribution in [-0.4, -0.2) is 54.7 Å². The van der Waals surface area contributed by atoms with Crippen molar-refractivity contribution in [2.24, 2.45) is 5.92 Å². The van der Waals surface area contributed by atoms with Gasteiger partial charge in [-0.1, -0.05) is 6.07 Å². The summed E-state index contributed by atoms with van der Waals surface area (Å²) in [6.07, 6.45) is 2.47. The molecule has 2 aliphatic rings. The van der Waals surface area contributed by atoms with Crippen LogP contribution >= 0.6 is 0 Å². The predicted octanol–water partition coefficient (Wildman–Crippen LogP) is 2.98. The number of pyridine rings is 1. The van der Waals surface area contributed by atoms with Gasteiger partial charge in [-0.05, 0) is 38.5 Å². The highest BCUT2D eigenvalue weighted by atomic mass is 16.5. The van der Waals surface area contributed by atoms with Crippen LogP contribution in [0, 0.1) is 19.8 Å². The van der Waals surface area contributed by atoms with Gasteiger partial charge in [-0.15, -0.1) is 0 Å². The van der Waals surface area contributed by atoms with E-state index in [1.165, 1.54) is 0 Å². The predicted molar refractivity (Wildman–Crippen MR) is 122 cm³/mol. The zero-order chi connectivity index (χ0) is 22.4. The van der Waals surface area contributed by atoms with Gasteiger partial charge in [-0.2, -0.15) is 0 Å². The molecule has 5 rings (SSSR count). The van der Waals surface area contributed by atoms with Crippen LogP contribution in [0.5, 0.6) is 17.2 Å². The van der Waals surface area contributed by atoms with Crippen LogP contribution < -0.4 is 19.8 Å². The van der Waals surface area contributed by atoms with Gasteiger partial charge in [-0.3, -0.25) is 9.20 Å². The number of hydrogen-bond acceptors (Lipinski definition) is 6. The minimum absolute atomic E-state index is 0.0309. The van der Waals surface area contributed by atoms with E-state index in [4.69, 9.17) is 14.2 Å². The summed E-state index contributed by atoms with van der Waals surface area (Å²) in [6, 6.07) is 7.74. The summed E-state index contributed by atoms with van der Waals surface area (Å²) in [7, 11) is 3.37. The third-order valence-corrected chi connectivity index (χ3v) is 6.96. The molecule has 2 atom stereocenters. The zero-order valence-corrected chi connectivity index (χ0v) is 19.1. The highest BCUT2D eigenvalue weighted by Gasteiger charge is 2.40. The number of aryl methyl sites for hydroxylation is 1. The van der Waals surface area contributed by atoms with E-state index in [-0.39, 0.29) is 5.56 Å². The number of aromatic nitrogens is 2. The molecular weight excluding hydrogens is 406 g/mol. The van der Waals surface area contributed by atoms with Crippen LogP contribution in [0.15, 0.2) is 35.3 Å². The number of methoxy groups -OCH3 is 2. The number of rotatable bonds is 5. The van der Waals surface area contributed by atoms with Gasteiger partial charge in [-0.25, -0.2) is 4.98 Å². The molecule has 0 bridgehead atoms. The van der Waals surface area contributed by atoms with Gasteiger partial charge >= 0.3 is 0 Å². The molecule has 0 N–H and O–H groups in total. The number of ether oxygens (including phenoxy) is 3. The molecule has 2 aromatic heterocycles. The van der Waals surface area contributed by atoms with Crippen molar-refractivity contribution in [1.82, 2.24) is 14.3 Å². The summed E-state index contributed by atoms with van der Waals surface area (Å²) in [5.41, 5.74) is 4.45. The average molecular weight is 436 g/mol. The summed E-state index contributed by atoms with van der Waals surface area (Å²) in [5, 5.41) is 0. The Balaban J connectivity index is 1.38. The van der Waals surface area contributed by atoms with Crippen molar-refractivity contribution in [2.45, 2.75) is 26.2 Å². The van der Waals surface area contributed by atoms with Crippen molar-refractivity contribution in [3.8, 4) is 17.2 Å². The van der Waals surface area contributed by atoms with Gasteiger partial charge in [0.2, 0.25) is 0 Å². The summed E-state index contributed by atoms with van der Waals surface area (Å²) < 4.78 is 19.1. The minimum atomic E-state index is 0.0309. The molecule has 1 fully saturated rings. The Morgan fingerprint density at radius 2 is 2.03 bits per heavy atom. The number of fused-ring (bicyclic) bond motifs is 4. The molecule has 0 spiro atoms. The van der Waals surface area contributed by atoms with Crippen molar-refractivity contribution >= 4 is 5.65 Å². The maximum Gasteiger partial charge on any atom is 0.261 e. The molecule has 3 aromatic rings. The van der Waals surface area contributed by atoms with Crippen LogP contribution in [-0.2, 0) is 6.42 Å². The lowest BCUT2D eigenvalue weighted by molar-refractivity contribution is 0.203. The highest BCUT2D eigenvalue weighted by Crippen LogP contribution is 2.49. The number of hydrogen-bond donors (Lipinski definition) is 0. The van der Waals surface area contributed by atoms with Crippen molar-refractivity contribution in [3.63, 3.8) is 0 Å². The van der Waals surface area contributed by atoms with Crippen molar-refractivity contribution in [2.75, 3.05) is 40.5 Å². The van der Waals surface area contributed by atoms with Crippen LogP contribution in [0.25, 0.3) is 5.65 Å². The lowest BCUT2D eigenvalue weighted by Gasteiger charge is -2.30. The molecule has 0 aliphatic carbocycles. The van der Waals surface area contributed by atoms with Gasteiger partial charge in [0.15, 0.2) is 11.5 Å². The zero-order valence-electron chi connectivity index (χ0n) is 19.1. The Labute approximate surface area is 187 Å². The van der Waals surface area contributed by atoms with Crippen LogP contribution in [0.4, 0.5) is 0 Å². The van der Waals surface area contributed by atoms with Crippen molar-refractivity contribution in [3.05, 3.63) is 63.2 Å². The largest absolute Gasteiger partial charge is 0.496 e. The molecule has 7 nitrogen and oxygen atoms in total. The maximum atomic E-state index is 13.0. The third kappa shape index (κ3) is 3.32. The molecule has 4 heterocycles. The molecule has 32 heavy (non-hydrogen) atoms. The number of nitrogens with zero attached hydrogens (tertiary/aromatic N) is 3. The molecule has 1 aromatic carbocycles. The fraction of sp³-hybridized carbons (Fsp3) is 0.440. The van der Waals surface area contributed by atoms with Gasteiger partial charge in [0, 0.05) is 60.1 Å². The van der Waals surface area contributed by atoms with Crippen LogP contribution in [0.1, 0.15) is 28.3 Å². The van der Waals surface area contributed by atoms with E-state index in [1.54, 1.807) is 24.8 Å². The topological polar surface area (TPSA) is 65.3 Å². The molecule has 0 radical (unpaired) electrons. The standard InChI is InChI=1S/C25H29N3O4/c1-15-21(30-3)11-19-20-13-27(12-17(20)14-32-24(19)23(15)31-4)10-8-18-16(2)26-22-7-5-6-9-28(22)25(18)29/h5-7,9,11,17,20H,8,10,12-14H2,1-4H3/t17-,20-/m0/s1. The molecule has 168 valence electrons. The second-order valence-electron chi connectivity index (χ2n) is 8.75. The summed E-state index contributed by atoms with van der Waals surface area (Å²) >= 11 is 0. The smallest absolute Gasteiger partial charge is 0.261 e. The van der Waals surface area contributed by atoms with Gasteiger partial charge in [0.25, 0.3) is 5.56 Å². The number of benzene rings is 1. The molecular formula is C25H29N3O4. The minimum Gasteiger partial charge on any atom is -0.496 e. The molecule has 0 amide bonds. The Morgan fingerprint density at radius 3 is 2.81 bits per heavy atom. The normalized spacial score (nSPS) is 20.0. The first kappa shape index (κ1) is 20.8. The van der Waals surface area contributed by atoms with E-state index in [1.807, 2.05) is 32.0 Å². The van der Waals surface area contributed by atoms with E-state index >= 15 is 0 Å². The Morgan fingerprint density at radius 1 is 1.19 bits per heavy atom. The number of likely N-dealkylation sites (tertiary alicyclic amines) is 1. The molecule has 0 unspecified atom stereocenters. The fourth-order valence-electron chi connectivity index (χ4n) is 5.26. The monoisotopic (exact) mass is 435 g/mol. The molecule has 0 saturated carbocycles. The van der Waals surface area contributed by atoms with Crippen LogP contribution in [0.3, 0.4) is 0 Å². The first-order chi connectivity index (χ1) is 15.5. The van der Waals surface area contributed by atoms with Gasteiger partial charge < -0.3 is 19.1 Å². The quantitative estimate of drug-likeness (QED) is 0.614. The highest BCUT2D eigenvalue weighted by molar-refractivity contribution is 5.60. The van der Waals surface area contributed by atoms with Crippen molar-refractivity contribution in [1.29, 1.82) is 0 Å². The van der Waals surface area contributed by atoms with E-state index in [0.29, 0.717) is 30.5 Å². The molecule has 2 aliphatic heterocycles. The Hall–Kier alpha value is -3.06. The summed E-state index contributed by atoms with van der Waals surface area (Å²) in [4.78, 5) is 20.1. The SMILES string of the molecule is COc1cc2c(c(OC)c1C)OC[C@@H]1CN(CCc3c(C)nc4ccccn4c3=O)C[C@H]21. The van der Waals surface area contributed by atoms with E-state index in [9.17, 15) is 4.79 Å². The fourth-order valence-corrected chi connectivity index (χ4v) is 5.26. The Kier molecular flexibility index (Phi) is 5.29. The second kappa shape index (κ2) is 8.13. The summed E-state index contributed by atoms with van der Waals surface area (Å²) in [6.45, 7) is 7.29. The molecule has 7 heteroatoms. The van der Waals surface area contributed by atoms with E-state index in [0.717, 1.165) is 59.3 Å². The lowest BCUT2D eigenvalue weighted by Crippen LogP contribution is -2.28. The van der Waals surface area contributed by atoms with Crippen LogP contribution in [0.2, 0.25) is 0 Å². The molecule has 1 saturated heterocycles. The summed E-state index contributed by atoms with van der Waals surface area (Å²) in [5.74, 6) is 3.22. The van der Waals surface area contributed by atoms with Gasteiger partial charge in [0.05, 0.1) is 20.8 Å². The first-order valence-electron chi connectivity index (χ1n) is 11.1. The average Bonchev–Trinajstić information content (AvgIpc) is 3.22. The van der Waals surface area contributed by atoms with E-state index < -0.39 is 0 Å². The second-order valence-corrected chi connectivity index (χ2v) is 8.75. The van der Waals surface area contributed by atoms with E-state index in [2.05, 4.69) is 16.0 Å².